The van der Waals surface area contributed by atoms with Crippen molar-refractivity contribution in [2.45, 2.75) is 20.3 Å². The maximum Gasteiger partial charge on any atom is 0.278 e. The first-order chi connectivity index (χ1) is 15.9. The highest BCUT2D eigenvalue weighted by atomic mass is 19.1. The van der Waals surface area contributed by atoms with Gasteiger partial charge in [-0.05, 0) is 61.2 Å². The van der Waals surface area contributed by atoms with E-state index in [-0.39, 0.29) is 24.0 Å². The van der Waals surface area contributed by atoms with Crippen LogP contribution in [0.25, 0.3) is 5.57 Å². The predicted molar refractivity (Wildman–Crippen MR) is 126 cm³/mol. The summed E-state index contributed by atoms with van der Waals surface area (Å²) in [5.74, 6) is -0.515. The topological polar surface area (TPSA) is 58.6 Å². The minimum atomic E-state index is -0.400. The number of halogens is 1. The normalized spacial score (nSPS) is 13.6. The Bertz CT molecular complexity index is 1250. The minimum Gasteiger partial charge on any atom is -0.495 e. The molecule has 0 atom stereocenters. The highest BCUT2D eigenvalue weighted by Gasteiger charge is 2.39. The summed E-state index contributed by atoms with van der Waals surface area (Å²) >= 11 is 0. The number of hydrogen-bond acceptors (Lipinski definition) is 4. The lowest BCUT2D eigenvalue weighted by Gasteiger charge is -2.16. The number of carbonyl (C=O) groups excluding carboxylic acids is 2. The highest BCUT2D eigenvalue weighted by molar-refractivity contribution is 6.36. The van der Waals surface area contributed by atoms with E-state index in [1.807, 2.05) is 44.2 Å². The molecule has 0 bridgehead atoms. The number of amides is 2. The van der Waals surface area contributed by atoms with Crippen molar-refractivity contribution in [3.05, 3.63) is 100 Å². The van der Waals surface area contributed by atoms with Gasteiger partial charge >= 0.3 is 0 Å². The second-order valence-corrected chi connectivity index (χ2v) is 8.03. The molecule has 0 saturated heterocycles. The smallest absolute Gasteiger partial charge is 0.278 e. The number of para-hydroxylation sites is 2. The number of aryl methyl sites for hydroxylation is 2. The van der Waals surface area contributed by atoms with Crippen molar-refractivity contribution in [2.75, 3.05) is 19.0 Å². The van der Waals surface area contributed by atoms with Crippen LogP contribution in [-0.4, -0.2) is 30.4 Å². The Labute approximate surface area is 192 Å². The van der Waals surface area contributed by atoms with E-state index >= 15 is 0 Å². The molecular weight excluding hydrogens is 419 g/mol. The SMILES string of the molecule is COc1ccccc1NC1=C(c2ccc(C)cc2C)C(=O)N(CCc2ccc(F)cc2)C1=O. The average molecular weight is 445 g/mol. The molecule has 1 heterocycles. The van der Waals surface area contributed by atoms with Crippen LogP contribution < -0.4 is 10.1 Å². The lowest BCUT2D eigenvalue weighted by Crippen LogP contribution is -2.34. The Morgan fingerprint density at radius 2 is 1.67 bits per heavy atom. The largest absolute Gasteiger partial charge is 0.495 e. The number of nitrogens with zero attached hydrogens (tertiary/aromatic N) is 1. The van der Waals surface area contributed by atoms with Gasteiger partial charge < -0.3 is 10.1 Å². The van der Waals surface area contributed by atoms with E-state index in [0.29, 0.717) is 29.0 Å². The Kier molecular flexibility index (Phi) is 6.27. The molecule has 5 nitrogen and oxygen atoms in total. The van der Waals surface area contributed by atoms with Crippen molar-refractivity contribution in [3.63, 3.8) is 0 Å². The number of methoxy groups -OCH3 is 1. The molecule has 1 aliphatic rings. The van der Waals surface area contributed by atoms with Crippen LogP contribution in [0.15, 0.2) is 72.4 Å². The van der Waals surface area contributed by atoms with Gasteiger partial charge in [-0.1, -0.05) is 48.0 Å². The highest BCUT2D eigenvalue weighted by Crippen LogP contribution is 2.34. The fraction of sp³-hybridized carbons (Fsp3) is 0.185. The van der Waals surface area contributed by atoms with Gasteiger partial charge in [-0.15, -0.1) is 0 Å². The van der Waals surface area contributed by atoms with Crippen molar-refractivity contribution in [1.29, 1.82) is 0 Å². The van der Waals surface area contributed by atoms with Crippen LogP contribution >= 0.6 is 0 Å². The van der Waals surface area contributed by atoms with Crippen LogP contribution in [0, 0.1) is 19.7 Å². The summed E-state index contributed by atoms with van der Waals surface area (Å²) in [5.41, 5.74) is 4.68. The van der Waals surface area contributed by atoms with Gasteiger partial charge in [0.05, 0.1) is 18.4 Å². The van der Waals surface area contributed by atoms with Gasteiger partial charge in [0, 0.05) is 6.54 Å². The molecule has 0 aliphatic carbocycles. The fourth-order valence-electron chi connectivity index (χ4n) is 4.01. The van der Waals surface area contributed by atoms with E-state index in [1.165, 1.54) is 17.0 Å². The molecule has 0 aromatic heterocycles. The van der Waals surface area contributed by atoms with Gasteiger partial charge in [0.15, 0.2) is 0 Å². The van der Waals surface area contributed by atoms with E-state index in [4.69, 9.17) is 4.74 Å². The zero-order chi connectivity index (χ0) is 23.5. The van der Waals surface area contributed by atoms with Gasteiger partial charge in [0.2, 0.25) is 0 Å². The number of nitrogens with one attached hydrogen (secondary N) is 1. The summed E-state index contributed by atoms with van der Waals surface area (Å²) in [6.07, 6.45) is 0.430. The zero-order valence-corrected chi connectivity index (χ0v) is 18.8. The molecular formula is C27H25FN2O3. The molecule has 6 heteroatoms. The molecule has 1 aliphatic heterocycles. The second-order valence-electron chi connectivity index (χ2n) is 8.03. The summed E-state index contributed by atoms with van der Waals surface area (Å²) in [4.78, 5) is 28.2. The average Bonchev–Trinajstić information content (AvgIpc) is 3.03. The first-order valence-electron chi connectivity index (χ1n) is 10.7. The summed E-state index contributed by atoms with van der Waals surface area (Å²) in [5, 5.41) is 3.16. The third-order valence-corrected chi connectivity index (χ3v) is 5.72. The van der Waals surface area contributed by atoms with Crippen LogP contribution in [0.2, 0.25) is 0 Å². The van der Waals surface area contributed by atoms with Crippen LogP contribution in [0.3, 0.4) is 0 Å². The molecule has 168 valence electrons. The summed E-state index contributed by atoms with van der Waals surface area (Å²) in [6, 6.07) is 19.1. The number of carbonyl (C=O) groups is 2. The van der Waals surface area contributed by atoms with E-state index in [2.05, 4.69) is 5.32 Å². The third kappa shape index (κ3) is 4.51. The van der Waals surface area contributed by atoms with Gasteiger partial charge in [0.25, 0.3) is 11.8 Å². The molecule has 0 spiro atoms. The molecule has 33 heavy (non-hydrogen) atoms. The van der Waals surface area contributed by atoms with E-state index in [1.54, 1.807) is 31.4 Å². The lowest BCUT2D eigenvalue weighted by atomic mass is 9.97. The third-order valence-electron chi connectivity index (χ3n) is 5.72. The number of hydrogen-bond donors (Lipinski definition) is 1. The summed E-state index contributed by atoms with van der Waals surface area (Å²) < 4.78 is 18.6. The molecule has 0 saturated carbocycles. The second kappa shape index (κ2) is 9.28. The molecule has 3 aromatic carbocycles. The number of benzene rings is 3. The molecule has 2 amide bonds. The Hall–Kier alpha value is -3.93. The van der Waals surface area contributed by atoms with E-state index in [9.17, 15) is 14.0 Å². The Morgan fingerprint density at radius 1 is 0.939 bits per heavy atom. The molecule has 1 N–H and O–H groups in total. The summed E-state index contributed by atoms with van der Waals surface area (Å²) in [7, 11) is 1.55. The first-order valence-corrected chi connectivity index (χ1v) is 10.7. The number of imide groups is 1. The number of ether oxygens (including phenoxy) is 1. The summed E-state index contributed by atoms with van der Waals surface area (Å²) in [6.45, 7) is 4.10. The molecule has 4 rings (SSSR count). The maximum absolute atomic E-state index is 13.5. The van der Waals surface area contributed by atoms with Crippen molar-refractivity contribution < 1.29 is 18.7 Å². The van der Waals surface area contributed by atoms with E-state index < -0.39 is 5.91 Å². The monoisotopic (exact) mass is 444 g/mol. The quantitative estimate of drug-likeness (QED) is 0.528. The molecule has 3 aromatic rings. The first kappa shape index (κ1) is 22.3. The van der Waals surface area contributed by atoms with Crippen LogP contribution in [0.1, 0.15) is 22.3 Å². The van der Waals surface area contributed by atoms with Gasteiger partial charge in [-0.3, -0.25) is 14.5 Å². The van der Waals surface area contributed by atoms with Gasteiger partial charge in [-0.25, -0.2) is 4.39 Å². The van der Waals surface area contributed by atoms with Crippen molar-refractivity contribution >= 4 is 23.1 Å². The molecule has 0 radical (unpaired) electrons. The van der Waals surface area contributed by atoms with Crippen LogP contribution in [0.5, 0.6) is 5.75 Å². The predicted octanol–water partition coefficient (Wildman–Crippen LogP) is 4.89. The van der Waals surface area contributed by atoms with Gasteiger partial charge in [0.1, 0.15) is 17.3 Å². The zero-order valence-electron chi connectivity index (χ0n) is 18.8. The minimum absolute atomic E-state index is 0.189. The van der Waals surface area contributed by atoms with Crippen molar-refractivity contribution in [2.24, 2.45) is 0 Å². The molecule has 0 fully saturated rings. The maximum atomic E-state index is 13.5. The Morgan fingerprint density at radius 3 is 2.36 bits per heavy atom. The fourth-order valence-corrected chi connectivity index (χ4v) is 4.01. The standard InChI is InChI=1S/C27H25FN2O3/c1-17-8-13-21(18(2)16-17)24-25(29-22-6-4-5-7-23(22)33-3)27(32)30(26(24)31)15-14-19-9-11-20(28)12-10-19/h4-13,16,29H,14-15H2,1-3H3. The van der Waals surface area contributed by atoms with Crippen molar-refractivity contribution in [3.8, 4) is 5.75 Å². The van der Waals surface area contributed by atoms with Crippen LogP contribution in [0.4, 0.5) is 10.1 Å². The van der Waals surface area contributed by atoms with Crippen molar-refractivity contribution in [1.82, 2.24) is 4.90 Å². The molecule has 0 unspecified atom stereocenters. The van der Waals surface area contributed by atoms with E-state index in [0.717, 1.165) is 16.7 Å². The number of rotatable bonds is 7. The Balaban J connectivity index is 1.71. The van der Waals surface area contributed by atoms with Gasteiger partial charge in [-0.2, -0.15) is 0 Å². The van der Waals surface area contributed by atoms with Crippen LogP contribution in [-0.2, 0) is 16.0 Å². The lowest BCUT2D eigenvalue weighted by molar-refractivity contribution is -0.136. The number of anilines is 1.